The van der Waals surface area contributed by atoms with E-state index in [1.165, 1.54) is 18.2 Å². The maximum absolute atomic E-state index is 14.2. The van der Waals surface area contributed by atoms with E-state index < -0.39 is 5.82 Å². The molecule has 5 heteroatoms. The van der Waals surface area contributed by atoms with Crippen LogP contribution in [0.4, 0.5) is 14.5 Å². The van der Waals surface area contributed by atoms with Crippen LogP contribution in [0.2, 0.25) is 0 Å². The zero-order chi connectivity index (χ0) is 15.1. The number of nitrogens with zero attached hydrogens (tertiary/aromatic N) is 2. The highest BCUT2D eigenvalue weighted by Gasteiger charge is 2.18. The maximum Gasteiger partial charge on any atom is 0.144 e. The minimum Gasteiger partial charge on any atom is -0.399 e. The first-order chi connectivity index (χ1) is 9.97. The van der Waals surface area contributed by atoms with Crippen molar-refractivity contribution in [3.63, 3.8) is 0 Å². The first-order valence-electron chi connectivity index (χ1n) is 6.70. The zero-order valence-corrected chi connectivity index (χ0v) is 11.8. The Balaban J connectivity index is 2.33. The highest BCUT2D eigenvalue weighted by molar-refractivity contribution is 5.81. The molecule has 0 unspecified atom stereocenters. The topological polar surface area (TPSA) is 43.8 Å². The number of halogens is 2. The Morgan fingerprint density at radius 2 is 1.86 bits per heavy atom. The summed E-state index contributed by atoms with van der Waals surface area (Å²) in [5, 5.41) is 0. The first-order valence-corrected chi connectivity index (χ1v) is 6.70. The lowest BCUT2D eigenvalue weighted by atomic mass is 10.1. The van der Waals surface area contributed by atoms with Crippen LogP contribution in [0, 0.1) is 11.6 Å². The largest absolute Gasteiger partial charge is 0.399 e. The number of nitrogen functional groups attached to an aromatic ring is 1. The molecule has 0 spiro atoms. The lowest BCUT2D eigenvalue weighted by Gasteiger charge is -2.13. The third kappa shape index (κ3) is 2.24. The van der Waals surface area contributed by atoms with Crippen LogP contribution in [0.15, 0.2) is 36.4 Å². The van der Waals surface area contributed by atoms with Crippen LogP contribution in [-0.2, 0) is 0 Å². The second-order valence-corrected chi connectivity index (χ2v) is 5.27. The van der Waals surface area contributed by atoms with Crippen molar-refractivity contribution >= 4 is 16.7 Å². The predicted molar refractivity (Wildman–Crippen MR) is 79.9 cm³/mol. The Morgan fingerprint density at radius 3 is 2.52 bits per heavy atom. The van der Waals surface area contributed by atoms with Gasteiger partial charge < -0.3 is 10.3 Å². The van der Waals surface area contributed by atoms with E-state index in [1.54, 1.807) is 18.2 Å². The van der Waals surface area contributed by atoms with E-state index in [4.69, 9.17) is 5.73 Å². The van der Waals surface area contributed by atoms with Gasteiger partial charge in [0, 0.05) is 17.8 Å². The highest BCUT2D eigenvalue weighted by Crippen LogP contribution is 2.30. The second kappa shape index (κ2) is 4.84. The van der Waals surface area contributed by atoms with Crippen molar-refractivity contribution in [3.05, 3.63) is 48.0 Å². The van der Waals surface area contributed by atoms with E-state index in [-0.39, 0.29) is 11.9 Å². The van der Waals surface area contributed by atoms with Crippen LogP contribution < -0.4 is 5.73 Å². The monoisotopic (exact) mass is 287 g/mol. The quantitative estimate of drug-likeness (QED) is 0.720. The van der Waals surface area contributed by atoms with E-state index in [9.17, 15) is 8.78 Å². The fourth-order valence-electron chi connectivity index (χ4n) is 2.50. The summed E-state index contributed by atoms with van der Waals surface area (Å²) in [5.41, 5.74) is 7.58. The molecule has 0 aliphatic carbocycles. The number of hydrogen-bond donors (Lipinski definition) is 1. The summed E-state index contributed by atoms with van der Waals surface area (Å²) >= 11 is 0. The van der Waals surface area contributed by atoms with E-state index >= 15 is 0 Å². The smallest absolute Gasteiger partial charge is 0.144 e. The van der Waals surface area contributed by atoms with E-state index in [1.807, 2.05) is 18.4 Å². The van der Waals surface area contributed by atoms with Gasteiger partial charge in [-0.2, -0.15) is 0 Å². The summed E-state index contributed by atoms with van der Waals surface area (Å²) in [5.74, 6) is -0.323. The number of aromatic nitrogens is 2. The van der Waals surface area contributed by atoms with E-state index in [0.29, 0.717) is 22.6 Å². The Bertz CT molecular complexity index is 822. The minimum absolute atomic E-state index is 0.0624. The molecule has 0 aliphatic rings. The number of imidazole rings is 1. The molecule has 108 valence electrons. The van der Waals surface area contributed by atoms with E-state index in [2.05, 4.69) is 4.98 Å². The van der Waals surface area contributed by atoms with Crippen molar-refractivity contribution in [1.29, 1.82) is 0 Å². The molecule has 1 heterocycles. The SMILES string of the molecule is CC(C)n1c(-c2ccc(N)cc2F)nc2cc(F)ccc21. The number of anilines is 1. The molecule has 2 N–H and O–H groups in total. The molecule has 3 aromatic rings. The standard InChI is InChI=1S/C16H15F2N3/c1-9(2)21-15-6-3-10(17)7-14(15)20-16(21)12-5-4-11(19)8-13(12)18/h3-9H,19H2,1-2H3. The molecule has 0 radical (unpaired) electrons. The van der Waals surface area contributed by atoms with Gasteiger partial charge in [0.25, 0.3) is 0 Å². The molecule has 1 aromatic heterocycles. The molecule has 3 rings (SSSR count). The van der Waals surface area contributed by atoms with Gasteiger partial charge in [-0.1, -0.05) is 0 Å². The Kier molecular flexibility index (Phi) is 3.12. The van der Waals surface area contributed by atoms with Gasteiger partial charge in [-0.25, -0.2) is 13.8 Å². The number of rotatable bonds is 2. The van der Waals surface area contributed by atoms with Crippen LogP contribution in [-0.4, -0.2) is 9.55 Å². The predicted octanol–water partition coefficient (Wildman–Crippen LogP) is 4.14. The number of nitrogens with two attached hydrogens (primary N) is 1. The number of benzene rings is 2. The molecule has 0 amide bonds. The van der Waals surface area contributed by atoms with Gasteiger partial charge in [-0.15, -0.1) is 0 Å². The lowest BCUT2D eigenvalue weighted by Crippen LogP contribution is -2.04. The van der Waals surface area contributed by atoms with Crippen LogP contribution in [0.25, 0.3) is 22.4 Å². The van der Waals surface area contributed by atoms with Gasteiger partial charge in [-0.3, -0.25) is 0 Å². The molecule has 0 atom stereocenters. The Labute approximate surface area is 121 Å². The van der Waals surface area contributed by atoms with Crippen molar-refractivity contribution in [3.8, 4) is 11.4 Å². The minimum atomic E-state index is -0.437. The summed E-state index contributed by atoms with van der Waals surface area (Å²) in [7, 11) is 0. The van der Waals surface area contributed by atoms with Gasteiger partial charge in [0.15, 0.2) is 0 Å². The Hall–Kier alpha value is -2.43. The fourth-order valence-corrected chi connectivity index (χ4v) is 2.50. The van der Waals surface area contributed by atoms with Crippen LogP contribution in [0.3, 0.4) is 0 Å². The molecular weight excluding hydrogens is 272 g/mol. The second-order valence-electron chi connectivity index (χ2n) is 5.27. The lowest BCUT2D eigenvalue weighted by molar-refractivity contribution is 0.607. The molecule has 0 fully saturated rings. The Morgan fingerprint density at radius 1 is 1.10 bits per heavy atom. The molecule has 21 heavy (non-hydrogen) atoms. The van der Waals surface area contributed by atoms with Crippen LogP contribution >= 0.6 is 0 Å². The third-order valence-corrected chi connectivity index (χ3v) is 3.40. The molecule has 0 aliphatic heterocycles. The molecule has 0 saturated heterocycles. The van der Waals surface area contributed by atoms with Gasteiger partial charge in [0.1, 0.15) is 17.5 Å². The average Bonchev–Trinajstić information content (AvgIpc) is 2.76. The number of fused-ring (bicyclic) bond motifs is 1. The van der Waals surface area contributed by atoms with Crippen molar-refractivity contribution in [2.24, 2.45) is 0 Å². The van der Waals surface area contributed by atoms with Crippen molar-refractivity contribution in [2.75, 3.05) is 5.73 Å². The molecule has 0 saturated carbocycles. The van der Waals surface area contributed by atoms with E-state index in [0.717, 1.165) is 5.52 Å². The van der Waals surface area contributed by atoms with Gasteiger partial charge in [-0.05, 0) is 44.2 Å². The number of hydrogen-bond acceptors (Lipinski definition) is 2. The summed E-state index contributed by atoms with van der Waals surface area (Å²) < 4.78 is 29.4. The molecule has 3 nitrogen and oxygen atoms in total. The first kappa shape index (κ1) is 13.5. The van der Waals surface area contributed by atoms with Crippen LogP contribution in [0.5, 0.6) is 0 Å². The summed E-state index contributed by atoms with van der Waals surface area (Å²) in [6.07, 6.45) is 0. The van der Waals surface area contributed by atoms with Crippen LogP contribution in [0.1, 0.15) is 19.9 Å². The van der Waals surface area contributed by atoms with Gasteiger partial charge in [0.05, 0.1) is 16.6 Å². The van der Waals surface area contributed by atoms with Gasteiger partial charge >= 0.3 is 0 Å². The summed E-state index contributed by atoms with van der Waals surface area (Å²) in [6.45, 7) is 3.95. The van der Waals surface area contributed by atoms with Crippen molar-refractivity contribution < 1.29 is 8.78 Å². The highest BCUT2D eigenvalue weighted by atomic mass is 19.1. The summed E-state index contributed by atoms with van der Waals surface area (Å²) in [4.78, 5) is 4.40. The molecule has 0 bridgehead atoms. The summed E-state index contributed by atoms with van der Waals surface area (Å²) in [6, 6.07) is 8.95. The third-order valence-electron chi connectivity index (χ3n) is 3.40. The molecular formula is C16H15F2N3. The average molecular weight is 287 g/mol. The molecule has 2 aromatic carbocycles. The fraction of sp³-hybridized carbons (Fsp3) is 0.188. The normalized spacial score (nSPS) is 11.5. The van der Waals surface area contributed by atoms with Gasteiger partial charge in [0.2, 0.25) is 0 Å². The van der Waals surface area contributed by atoms with Crippen molar-refractivity contribution in [2.45, 2.75) is 19.9 Å². The zero-order valence-electron chi connectivity index (χ0n) is 11.8. The maximum atomic E-state index is 14.2. The van der Waals surface area contributed by atoms with Crippen molar-refractivity contribution in [1.82, 2.24) is 9.55 Å².